The predicted molar refractivity (Wildman–Crippen MR) is 86.0 cm³/mol. The number of nitrogens with one attached hydrogen (secondary N) is 1. The van der Waals surface area contributed by atoms with Crippen molar-refractivity contribution >= 4 is 27.9 Å². The van der Waals surface area contributed by atoms with Crippen molar-refractivity contribution in [2.75, 3.05) is 6.61 Å². The van der Waals surface area contributed by atoms with Gasteiger partial charge in [-0.2, -0.15) is 0 Å². The molecule has 0 saturated carbocycles. The van der Waals surface area contributed by atoms with E-state index in [1.165, 1.54) is 4.90 Å². The van der Waals surface area contributed by atoms with E-state index >= 15 is 0 Å². The Morgan fingerprint density at radius 2 is 2.29 bits per heavy atom. The topological polar surface area (TPSA) is 137 Å². The summed E-state index contributed by atoms with van der Waals surface area (Å²) >= 11 is 3.33. The van der Waals surface area contributed by atoms with Gasteiger partial charge in [-0.1, -0.05) is 21.0 Å². The summed E-state index contributed by atoms with van der Waals surface area (Å²) in [6, 6.07) is -1.28. The van der Waals surface area contributed by atoms with Gasteiger partial charge in [-0.3, -0.25) is 15.0 Å². The van der Waals surface area contributed by atoms with Crippen molar-refractivity contribution in [2.24, 2.45) is 5.11 Å². The summed E-state index contributed by atoms with van der Waals surface area (Å²) in [5, 5.41) is 15.2. The van der Waals surface area contributed by atoms with E-state index in [-0.39, 0.29) is 19.1 Å². The third-order valence-corrected chi connectivity index (χ3v) is 4.66. The predicted octanol–water partition coefficient (Wildman–Crippen LogP) is 1.23. The molecule has 5 atom stereocenters. The summed E-state index contributed by atoms with van der Waals surface area (Å²) < 4.78 is 10.3. The van der Waals surface area contributed by atoms with Crippen molar-refractivity contribution in [1.82, 2.24) is 10.2 Å². The van der Waals surface area contributed by atoms with Crippen LogP contribution < -0.4 is 5.32 Å². The van der Waals surface area contributed by atoms with Crippen molar-refractivity contribution < 1.29 is 24.2 Å². The van der Waals surface area contributed by atoms with Gasteiger partial charge in [0.05, 0.1) is 24.9 Å². The Morgan fingerprint density at radius 1 is 1.62 bits per heavy atom. The molecular weight excluding hydrogens is 386 g/mol. The van der Waals surface area contributed by atoms with Gasteiger partial charge in [-0.15, -0.1) is 0 Å². The third-order valence-electron chi connectivity index (χ3n) is 3.91. The summed E-state index contributed by atoms with van der Waals surface area (Å²) in [5.41, 5.74) is 8.63. The largest absolute Gasteiger partial charge is 0.394 e. The number of hydrogen-bond donors (Lipinski definition) is 2. The molecule has 0 aromatic rings. The monoisotopic (exact) mass is 405 g/mol. The molecule has 0 aliphatic carbocycles. The molecule has 2 heterocycles. The molecule has 2 aliphatic heterocycles. The summed E-state index contributed by atoms with van der Waals surface area (Å²) in [6.45, 7) is 4.81. The standard InChI is InChI=1S/C13H20BrN5O5/c1-6(2)23-11-13(3,14)10(21)16-12(22)19(11)9-4-7(17-18-15)8(5-20)24-9/h6-9,11,20H,4-5H2,1-3H3,(H,16,21,22)/t7-,8+,9+,11+,13-/m0/s1. The minimum absolute atomic E-state index is 0.192. The average Bonchev–Trinajstić information content (AvgIpc) is 2.88. The highest BCUT2D eigenvalue weighted by Gasteiger charge is 2.54. The number of halogens is 1. The van der Waals surface area contributed by atoms with Crippen LogP contribution in [0.5, 0.6) is 0 Å². The minimum Gasteiger partial charge on any atom is -0.394 e. The maximum atomic E-state index is 12.4. The molecule has 134 valence electrons. The molecule has 2 saturated heterocycles. The Hall–Kier alpha value is -1.39. The molecule has 10 nitrogen and oxygen atoms in total. The molecular formula is C13H20BrN5O5. The second-order valence-electron chi connectivity index (χ2n) is 6.10. The van der Waals surface area contributed by atoms with Gasteiger partial charge in [0.15, 0.2) is 6.23 Å². The highest BCUT2D eigenvalue weighted by molar-refractivity contribution is 9.10. The van der Waals surface area contributed by atoms with Gasteiger partial charge >= 0.3 is 6.03 Å². The molecule has 2 rings (SSSR count). The first-order chi connectivity index (χ1) is 11.2. The molecule has 0 spiro atoms. The quantitative estimate of drug-likeness (QED) is 0.306. The van der Waals surface area contributed by atoms with Crippen LogP contribution in [0.15, 0.2) is 5.11 Å². The molecule has 24 heavy (non-hydrogen) atoms. The van der Waals surface area contributed by atoms with Gasteiger partial charge in [0.25, 0.3) is 0 Å². The SMILES string of the molecule is CC(C)O[C@H]1N([C@H]2C[C@H](N=[N+]=[N-])[C@@H](CO)O2)C(=O)NC(=O)[C@]1(C)Br. The zero-order valence-electron chi connectivity index (χ0n) is 13.5. The van der Waals surface area contributed by atoms with Crippen molar-refractivity contribution in [3.8, 4) is 0 Å². The minimum atomic E-state index is -1.18. The molecule has 0 bridgehead atoms. The van der Waals surface area contributed by atoms with E-state index in [9.17, 15) is 14.7 Å². The van der Waals surface area contributed by atoms with E-state index < -0.39 is 40.9 Å². The van der Waals surface area contributed by atoms with Crippen LogP contribution in [-0.2, 0) is 14.3 Å². The Labute approximate surface area is 147 Å². The molecule has 0 unspecified atom stereocenters. The lowest BCUT2D eigenvalue weighted by atomic mass is 10.0. The first kappa shape index (κ1) is 18.9. The number of carbonyl (C=O) groups is 2. The van der Waals surface area contributed by atoms with Gasteiger partial charge in [-0.25, -0.2) is 4.79 Å². The van der Waals surface area contributed by atoms with E-state index in [0.29, 0.717) is 0 Å². The molecule has 2 fully saturated rings. The number of carbonyl (C=O) groups excluding carboxylic acids is 2. The highest BCUT2D eigenvalue weighted by atomic mass is 79.9. The molecule has 0 aromatic carbocycles. The van der Waals surface area contributed by atoms with Crippen LogP contribution in [-0.4, -0.2) is 63.6 Å². The van der Waals surface area contributed by atoms with Crippen molar-refractivity contribution in [3.05, 3.63) is 10.4 Å². The summed E-state index contributed by atoms with van der Waals surface area (Å²) in [6.07, 6.45) is -2.51. The molecule has 3 amide bonds. The van der Waals surface area contributed by atoms with Gasteiger partial charge < -0.3 is 14.6 Å². The zero-order chi connectivity index (χ0) is 18.1. The normalized spacial score (nSPS) is 36.7. The number of aliphatic hydroxyl groups excluding tert-OH is 1. The van der Waals surface area contributed by atoms with E-state index in [1.54, 1.807) is 20.8 Å². The fourth-order valence-electron chi connectivity index (χ4n) is 2.73. The number of hydrogen-bond acceptors (Lipinski definition) is 6. The van der Waals surface area contributed by atoms with Gasteiger partial charge in [0.2, 0.25) is 5.91 Å². The van der Waals surface area contributed by atoms with Gasteiger partial charge in [0.1, 0.15) is 10.6 Å². The zero-order valence-corrected chi connectivity index (χ0v) is 15.1. The maximum Gasteiger partial charge on any atom is 0.328 e. The number of azide groups is 1. The Kier molecular flexibility index (Phi) is 5.71. The van der Waals surface area contributed by atoms with E-state index in [1.807, 2.05) is 0 Å². The number of urea groups is 1. The highest BCUT2D eigenvalue weighted by Crippen LogP contribution is 2.36. The van der Waals surface area contributed by atoms with Crippen molar-refractivity contribution in [3.63, 3.8) is 0 Å². The summed E-state index contributed by atoms with van der Waals surface area (Å²) in [5.74, 6) is -0.516. The van der Waals surface area contributed by atoms with E-state index in [0.717, 1.165) is 0 Å². The van der Waals surface area contributed by atoms with Crippen LogP contribution in [0.1, 0.15) is 27.2 Å². The van der Waals surface area contributed by atoms with Gasteiger partial charge in [-0.05, 0) is 26.3 Å². The molecule has 0 aromatic heterocycles. The Bertz CT molecular complexity index is 565. The van der Waals surface area contributed by atoms with Gasteiger partial charge in [0, 0.05) is 11.3 Å². The van der Waals surface area contributed by atoms with Crippen molar-refractivity contribution in [1.29, 1.82) is 0 Å². The number of nitrogens with zero attached hydrogens (tertiary/aromatic N) is 4. The van der Waals surface area contributed by atoms with E-state index in [4.69, 9.17) is 15.0 Å². The van der Waals surface area contributed by atoms with Crippen LogP contribution in [0.4, 0.5) is 4.79 Å². The number of alkyl halides is 1. The second kappa shape index (κ2) is 7.24. The second-order valence-corrected chi connectivity index (χ2v) is 7.75. The molecule has 0 radical (unpaired) electrons. The number of ether oxygens (including phenoxy) is 2. The number of imide groups is 1. The average molecular weight is 406 g/mol. The van der Waals surface area contributed by atoms with Crippen molar-refractivity contribution in [2.45, 2.75) is 62.2 Å². The third kappa shape index (κ3) is 3.50. The first-order valence-corrected chi connectivity index (χ1v) is 8.30. The molecule has 2 aliphatic rings. The molecule has 2 N–H and O–H groups in total. The van der Waals surface area contributed by atoms with Crippen LogP contribution in [0.2, 0.25) is 0 Å². The fraction of sp³-hybridized carbons (Fsp3) is 0.846. The van der Waals surface area contributed by atoms with Crippen LogP contribution in [0.25, 0.3) is 10.4 Å². The fourth-order valence-corrected chi connectivity index (χ4v) is 3.16. The Morgan fingerprint density at radius 3 is 2.83 bits per heavy atom. The first-order valence-electron chi connectivity index (χ1n) is 7.51. The summed E-state index contributed by atoms with van der Waals surface area (Å²) in [7, 11) is 0. The number of rotatable bonds is 5. The van der Waals surface area contributed by atoms with Crippen LogP contribution >= 0.6 is 15.9 Å². The van der Waals surface area contributed by atoms with E-state index in [2.05, 4.69) is 31.3 Å². The summed E-state index contributed by atoms with van der Waals surface area (Å²) in [4.78, 5) is 28.5. The number of amides is 3. The maximum absolute atomic E-state index is 12.4. The van der Waals surface area contributed by atoms with Crippen LogP contribution in [0, 0.1) is 0 Å². The smallest absolute Gasteiger partial charge is 0.328 e. The molecule has 11 heteroatoms. The van der Waals surface area contributed by atoms with Crippen LogP contribution in [0.3, 0.4) is 0 Å². The lowest BCUT2D eigenvalue weighted by Gasteiger charge is -2.45. The Balaban J connectivity index is 2.32. The lowest BCUT2D eigenvalue weighted by Crippen LogP contribution is -2.69. The lowest BCUT2D eigenvalue weighted by molar-refractivity contribution is -0.168. The number of aliphatic hydroxyl groups is 1.